The van der Waals surface area contributed by atoms with Crippen LogP contribution in [0.5, 0.6) is 5.75 Å². The van der Waals surface area contributed by atoms with Crippen molar-refractivity contribution in [1.29, 1.82) is 10.5 Å². The number of benzene rings is 2. The Morgan fingerprint density at radius 3 is 2.39 bits per heavy atom. The van der Waals surface area contributed by atoms with Gasteiger partial charge in [-0.3, -0.25) is 4.79 Å². The van der Waals surface area contributed by atoms with Gasteiger partial charge in [0.05, 0.1) is 30.9 Å². The van der Waals surface area contributed by atoms with Crippen LogP contribution in [0.1, 0.15) is 18.4 Å². The number of hydrazone groups is 1. The van der Waals surface area contributed by atoms with Crippen molar-refractivity contribution in [3.8, 4) is 29.1 Å². The number of hydrogen-bond acceptors (Lipinski definition) is 7. The molecule has 0 N–H and O–H groups in total. The minimum atomic E-state index is -1.03. The Balaban J connectivity index is 1.66. The number of ether oxygens (including phenoxy) is 1. The SMILES string of the molecule is COc1ccc(-c2csc(N3N=C(C)[C@H]([C@H](c4ccc(Cl)cc4)C(C#N)C#N)C3=O)n2)cc1. The number of amides is 1. The molecule has 1 aliphatic heterocycles. The molecule has 0 radical (unpaired) electrons. The molecule has 0 saturated carbocycles. The summed E-state index contributed by atoms with van der Waals surface area (Å²) < 4.78 is 5.19. The molecule has 33 heavy (non-hydrogen) atoms. The Labute approximate surface area is 200 Å². The monoisotopic (exact) mass is 475 g/mol. The second-order valence-electron chi connectivity index (χ2n) is 7.43. The molecule has 0 saturated heterocycles. The standard InChI is InChI=1S/C24H18ClN5O2S/c1-14-21(22(17(11-26)12-27)16-3-7-18(25)8-4-16)23(31)30(29-14)24-28-20(13-33-24)15-5-9-19(32-2)10-6-15/h3-10,13,17,21-22H,1-2H3/t21-,22-/m1/s1. The molecule has 3 aromatic rings. The van der Waals surface area contributed by atoms with E-state index in [0.717, 1.165) is 11.3 Å². The lowest BCUT2D eigenvalue weighted by Gasteiger charge is -2.24. The molecule has 1 aromatic heterocycles. The van der Waals surface area contributed by atoms with Gasteiger partial charge in [-0.2, -0.15) is 20.6 Å². The van der Waals surface area contributed by atoms with E-state index in [1.165, 1.54) is 16.3 Å². The molecule has 2 atom stereocenters. The van der Waals surface area contributed by atoms with Gasteiger partial charge in [-0.25, -0.2) is 4.98 Å². The predicted octanol–water partition coefficient (Wildman–Crippen LogP) is 5.26. The maximum Gasteiger partial charge on any atom is 0.259 e. The summed E-state index contributed by atoms with van der Waals surface area (Å²) in [4.78, 5) is 18.1. The van der Waals surface area contributed by atoms with Gasteiger partial charge in [0.25, 0.3) is 5.91 Å². The molecule has 0 spiro atoms. The molecule has 0 unspecified atom stereocenters. The normalized spacial score (nSPS) is 16.3. The molecule has 9 heteroatoms. The fraction of sp³-hybridized carbons (Fsp3) is 0.208. The van der Waals surface area contributed by atoms with E-state index in [4.69, 9.17) is 16.3 Å². The summed E-state index contributed by atoms with van der Waals surface area (Å²) in [6.45, 7) is 1.73. The van der Waals surface area contributed by atoms with E-state index in [1.54, 1.807) is 38.3 Å². The van der Waals surface area contributed by atoms with Crippen molar-refractivity contribution >= 4 is 39.7 Å². The number of rotatable bonds is 6. The highest BCUT2D eigenvalue weighted by Gasteiger charge is 2.45. The van der Waals surface area contributed by atoms with Crippen LogP contribution in [0.3, 0.4) is 0 Å². The van der Waals surface area contributed by atoms with Gasteiger partial charge in [0.2, 0.25) is 5.13 Å². The number of carbonyl (C=O) groups is 1. The number of aromatic nitrogens is 1. The third-order valence-electron chi connectivity index (χ3n) is 5.49. The highest BCUT2D eigenvalue weighted by atomic mass is 35.5. The molecule has 164 valence electrons. The Morgan fingerprint density at radius 1 is 1.12 bits per heavy atom. The first kappa shape index (κ1) is 22.5. The number of thiazole rings is 1. The molecular formula is C24H18ClN5O2S. The fourth-order valence-corrected chi connectivity index (χ4v) is 4.75. The minimum absolute atomic E-state index is 0.321. The molecule has 2 heterocycles. The van der Waals surface area contributed by atoms with E-state index in [1.807, 2.05) is 41.8 Å². The Morgan fingerprint density at radius 2 is 1.79 bits per heavy atom. The van der Waals surface area contributed by atoms with Crippen LogP contribution in [0.25, 0.3) is 11.3 Å². The van der Waals surface area contributed by atoms with E-state index in [-0.39, 0.29) is 5.91 Å². The predicted molar refractivity (Wildman–Crippen MR) is 127 cm³/mol. The summed E-state index contributed by atoms with van der Waals surface area (Å²) in [5.74, 6) is -2.05. The Kier molecular flexibility index (Phi) is 6.41. The average Bonchev–Trinajstić information content (AvgIpc) is 3.43. The van der Waals surface area contributed by atoms with Crippen LogP contribution in [0, 0.1) is 34.5 Å². The van der Waals surface area contributed by atoms with Gasteiger partial charge < -0.3 is 4.74 Å². The van der Waals surface area contributed by atoms with Crippen molar-refractivity contribution in [2.75, 3.05) is 12.1 Å². The van der Waals surface area contributed by atoms with Gasteiger partial charge in [0, 0.05) is 27.6 Å². The molecule has 4 rings (SSSR count). The van der Waals surface area contributed by atoms with Crippen LogP contribution < -0.4 is 9.75 Å². The first-order chi connectivity index (χ1) is 16.0. The first-order valence-electron chi connectivity index (χ1n) is 10.0. The van der Waals surface area contributed by atoms with Gasteiger partial charge in [-0.15, -0.1) is 11.3 Å². The second kappa shape index (κ2) is 9.41. The van der Waals surface area contributed by atoms with Gasteiger partial charge in [0.1, 0.15) is 11.7 Å². The Hall–Kier alpha value is -3.72. The summed E-state index contributed by atoms with van der Waals surface area (Å²) >= 11 is 7.31. The first-order valence-corrected chi connectivity index (χ1v) is 11.3. The van der Waals surface area contributed by atoms with Gasteiger partial charge in [0.15, 0.2) is 0 Å². The van der Waals surface area contributed by atoms with Gasteiger partial charge in [-0.05, 0) is 48.9 Å². The zero-order valence-corrected chi connectivity index (χ0v) is 19.3. The summed E-state index contributed by atoms with van der Waals surface area (Å²) in [5.41, 5.74) is 2.80. The minimum Gasteiger partial charge on any atom is -0.497 e. The lowest BCUT2D eigenvalue weighted by molar-refractivity contribution is -0.120. The topological polar surface area (TPSA) is 102 Å². The second-order valence-corrected chi connectivity index (χ2v) is 8.70. The third-order valence-corrected chi connectivity index (χ3v) is 6.56. The van der Waals surface area contributed by atoms with Crippen LogP contribution in [0.2, 0.25) is 5.02 Å². The number of halogens is 1. The molecule has 1 aliphatic rings. The summed E-state index contributed by atoms with van der Waals surface area (Å²) in [6.07, 6.45) is 0. The number of hydrogen-bond donors (Lipinski definition) is 0. The number of anilines is 1. The van der Waals surface area contributed by atoms with E-state index in [2.05, 4.69) is 10.1 Å². The lowest BCUT2D eigenvalue weighted by atomic mass is 9.76. The zero-order chi connectivity index (χ0) is 23.5. The maximum atomic E-state index is 13.5. The van der Waals surface area contributed by atoms with E-state index < -0.39 is 17.8 Å². The molecule has 2 aromatic carbocycles. The lowest BCUT2D eigenvalue weighted by Crippen LogP contribution is -2.34. The van der Waals surface area contributed by atoms with Crippen molar-refractivity contribution in [2.24, 2.45) is 16.9 Å². The van der Waals surface area contributed by atoms with Crippen LogP contribution in [0.4, 0.5) is 5.13 Å². The van der Waals surface area contributed by atoms with Gasteiger partial charge >= 0.3 is 0 Å². The smallest absolute Gasteiger partial charge is 0.259 e. The molecule has 0 aliphatic carbocycles. The number of methoxy groups -OCH3 is 1. The summed E-state index contributed by atoms with van der Waals surface area (Å²) in [6, 6.07) is 18.4. The van der Waals surface area contributed by atoms with Crippen molar-refractivity contribution in [3.05, 3.63) is 64.5 Å². The molecule has 0 bridgehead atoms. The van der Waals surface area contributed by atoms with Crippen molar-refractivity contribution in [1.82, 2.24) is 4.98 Å². The fourth-order valence-electron chi connectivity index (χ4n) is 3.84. The molecule has 1 amide bonds. The highest BCUT2D eigenvalue weighted by molar-refractivity contribution is 7.14. The van der Waals surface area contributed by atoms with Crippen molar-refractivity contribution in [3.63, 3.8) is 0 Å². The van der Waals surface area contributed by atoms with E-state index >= 15 is 0 Å². The maximum absolute atomic E-state index is 13.5. The van der Waals surface area contributed by atoms with E-state index in [0.29, 0.717) is 27.1 Å². The largest absolute Gasteiger partial charge is 0.497 e. The molecule has 0 fully saturated rings. The molecule has 7 nitrogen and oxygen atoms in total. The number of nitriles is 2. The van der Waals surface area contributed by atoms with Gasteiger partial charge in [-0.1, -0.05) is 23.7 Å². The third kappa shape index (κ3) is 4.31. The van der Waals surface area contributed by atoms with Crippen LogP contribution in [0.15, 0.2) is 59.0 Å². The van der Waals surface area contributed by atoms with Crippen LogP contribution >= 0.6 is 22.9 Å². The van der Waals surface area contributed by atoms with E-state index in [9.17, 15) is 15.3 Å². The zero-order valence-electron chi connectivity index (χ0n) is 17.8. The quantitative estimate of drug-likeness (QED) is 0.484. The van der Waals surface area contributed by atoms with Crippen molar-refractivity contribution < 1.29 is 9.53 Å². The van der Waals surface area contributed by atoms with Crippen molar-refractivity contribution in [2.45, 2.75) is 12.8 Å². The van der Waals surface area contributed by atoms with Crippen LogP contribution in [-0.4, -0.2) is 23.7 Å². The summed E-state index contributed by atoms with van der Waals surface area (Å²) in [7, 11) is 1.60. The molecular weight excluding hydrogens is 458 g/mol. The highest BCUT2D eigenvalue weighted by Crippen LogP contribution is 2.40. The Bertz CT molecular complexity index is 1270. The average molecular weight is 476 g/mol. The summed E-state index contributed by atoms with van der Waals surface area (Å²) in [5, 5.41) is 27.8. The number of nitrogens with zero attached hydrogens (tertiary/aromatic N) is 5. The number of carbonyl (C=O) groups excluding carboxylic acids is 1. The van der Waals surface area contributed by atoms with Crippen LogP contribution in [-0.2, 0) is 4.79 Å².